The van der Waals surface area contributed by atoms with Crippen molar-refractivity contribution in [2.24, 2.45) is 0 Å². The van der Waals surface area contributed by atoms with E-state index in [0.29, 0.717) is 23.7 Å². The first kappa shape index (κ1) is 21.1. The number of amides is 4. The molecule has 7 heteroatoms. The number of para-hydroxylation sites is 2. The monoisotopic (exact) mass is 408 g/mol. The highest BCUT2D eigenvalue weighted by Crippen LogP contribution is 2.31. The number of carbonyl (C=O) groups is 3. The topological polar surface area (TPSA) is 84.9 Å². The number of hydrogen-bond donors (Lipinski definition) is 1. The van der Waals surface area contributed by atoms with Crippen LogP contribution in [0.15, 0.2) is 54.1 Å². The van der Waals surface area contributed by atoms with E-state index < -0.39 is 17.8 Å². The highest BCUT2D eigenvalue weighted by molar-refractivity contribution is 6.39. The number of carbonyl (C=O) groups excluding carboxylic acids is 3. The zero-order valence-electron chi connectivity index (χ0n) is 17.2. The summed E-state index contributed by atoms with van der Waals surface area (Å²) in [7, 11) is 0. The predicted octanol–water partition coefficient (Wildman–Crippen LogP) is 3.93. The van der Waals surface area contributed by atoms with Crippen molar-refractivity contribution in [3.63, 3.8) is 0 Å². The Morgan fingerprint density at radius 1 is 1.03 bits per heavy atom. The number of nitrogens with zero attached hydrogens (tertiary/aromatic N) is 1. The van der Waals surface area contributed by atoms with Gasteiger partial charge in [-0.2, -0.15) is 0 Å². The van der Waals surface area contributed by atoms with Gasteiger partial charge in [-0.15, -0.1) is 0 Å². The van der Waals surface area contributed by atoms with Crippen LogP contribution in [0, 0.1) is 0 Å². The van der Waals surface area contributed by atoms with Gasteiger partial charge in [-0.05, 0) is 56.2 Å². The molecule has 0 aromatic heterocycles. The van der Waals surface area contributed by atoms with Crippen molar-refractivity contribution < 1.29 is 23.9 Å². The smallest absolute Gasteiger partial charge is 0.336 e. The maximum Gasteiger partial charge on any atom is 0.336 e. The first-order valence-electron chi connectivity index (χ1n) is 9.84. The summed E-state index contributed by atoms with van der Waals surface area (Å²) in [5, 5.41) is 2.22. The number of rotatable bonds is 7. The number of imide groups is 2. The molecule has 1 aliphatic heterocycles. The number of ether oxygens (including phenoxy) is 2. The Balaban J connectivity index is 1.91. The van der Waals surface area contributed by atoms with E-state index in [1.54, 1.807) is 55.5 Å². The normalized spacial score (nSPS) is 16.4. The van der Waals surface area contributed by atoms with Gasteiger partial charge in [-0.1, -0.05) is 31.2 Å². The van der Waals surface area contributed by atoms with Gasteiger partial charge in [-0.25, -0.2) is 9.69 Å². The molecule has 1 heterocycles. The first-order valence-corrected chi connectivity index (χ1v) is 9.84. The Morgan fingerprint density at radius 2 is 1.73 bits per heavy atom. The van der Waals surface area contributed by atoms with Crippen LogP contribution in [0.1, 0.15) is 32.8 Å². The molecule has 2 aromatic carbocycles. The molecule has 1 N–H and O–H groups in total. The quantitative estimate of drug-likeness (QED) is 0.554. The van der Waals surface area contributed by atoms with Crippen LogP contribution in [0.4, 0.5) is 10.5 Å². The minimum atomic E-state index is -0.813. The summed E-state index contributed by atoms with van der Waals surface area (Å²) in [6, 6.07) is 12.9. The van der Waals surface area contributed by atoms with Gasteiger partial charge in [-0.3, -0.25) is 14.9 Å². The van der Waals surface area contributed by atoms with Crippen LogP contribution < -0.4 is 19.7 Å². The maximum atomic E-state index is 13.1. The van der Waals surface area contributed by atoms with Gasteiger partial charge in [0.05, 0.1) is 18.4 Å². The molecule has 1 saturated heterocycles. The van der Waals surface area contributed by atoms with E-state index in [0.717, 1.165) is 11.3 Å². The van der Waals surface area contributed by atoms with Crippen molar-refractivity contribution in [2.75, 3.05) is 11.5 Å². The van der Waals surface area contributed by atoms with Crippen LogP contribution in [-0.4, -0.2) is 30.6 Å². The largest absolute Gasteiger partial charge is 0.492 e. The molecule has 2 aromatic rings. The molecule has 0 radical (unpaired) electrons. The summed E-state index contributed by atoms with van der Waals surface area (Å²) < 4.78 is 11.3. The summed E-state index contributed by atoms with van der Waals surface area (Å²) >= 11 is 0. The van der Waals surface area contributed by atoms with Crippen molar-refractivity contribution >= 4 is 29.6 Å². The van der Waals surface area contributed by atoms with Gasteiger partial charge >= 0.3 is 6.03 Å². The van der Waals surface area contributed by atoms with Crippen molar-refractivity contribution in [3.05, 3.63) is 59.7 Å². The van der Waals surface area contributed by atoms with Crippen molar-refractivity contribution in [1.82, 2.24) is 5.32 Å². The Hall–Kier alpha value is -3.61. The van der Waals surface area contributed by atoms with Crippen molar-refractivity contribution in [2.45, 2.75) is 33.3 Å². The van der Waals surface area contributed by atoms with Gasteiger partial charge in [0.15, 0.2) is 0 Å². The van der Waals surface area contributed by atoms with Crippen molar-refractivity contribution in [3.8, 4) is 11.5 Å². The SMILES string of the molecule is CCOc1ccccc1N1C(=O)NC(=O)/C(=C\c2ccc(O[C@H](C)CC)cc2)C1=O. The van der Waals surface area contributed by atoms with E-state index in [1.165, 1.54) is 6.08 Å². The number of urea groups is 1. The summed E-state index contributed by atoms with van der Waals surface area (Å²) in [5.74, 6) is -0.372. The molecule has 0 spiro atoms. The van der Waals surface area contributed by atoms with Crippen LogP contribution >= 0.6 is 0 Å². The number of nitrogens with one attached hydrogen (secondary N) is 1. The molecule has 156 valence electrons. The fourth-order valence-electron chi connectivity index (χ4n) is 2.92. The van der Waals surface area contributed by atoms with Gasteiger partial charge in [0, 0.05) is 0 Å². The standard InChI is InChI=1S/C23H24N2O5/c1-4-15(3)30-17-12-10-16(11-13-17)14-18-21(26)24-23(28)25(22(18)27)19-8-6-7-9-20(19)29-5-2/h6-15H,4-5H2,1-3H3,(H,24,26,28)/b18-14+/t15-/m1/s1. The Morgan fingerprint density at radius 3 is 2.40 bits per heavy atom. The Bertz CT molecular complexity index is 981. The van der Waals surface area contributed by atoms with E-state index in [4.69, 9.17) is 9.47 Å². The molecular formula is C23H24N2O5. The first-order chi connectivity index (χ1) is 14.4. The highest BCUT2D eigenvalue weighted by Gasteiger charge is 2.38. The Kier molecular flexibility index (Phi) is 6.51. The lowest BCUT2D eigenvalue weighted by Crippen LogP contribution is -2.54. The summed E-state index contributed by atoms with van der Waals surface area (Å²) in [6.45, 7) is 6.19. The summed E-state index contributed by atoms with van der Waals surface area (Å²) in [4.78, 5) is 38.7. The molecular weight excluding hydrogens is 384 g/mol. The fraction of sp³-hybridized carbons (Fsp3) is 0.261. The minimum Gasteiger partial charge on any atom is -0.492 e. The Labute approximate surface area is 175 Å². The average Bonchev–Trinajstić information content (AvgIpc) is 2.73. The number of benzene rings is 2. The third kappa shape index (κ3) is 4.51. The molecule has 1 atom stereocenters. The number of hydrogen-bond acceptors (Lipinski definition) is 5. The lowest BCUT2D eigenvalue weighted by Gasteiger charge is -2.27. The molecule has 4 amide bonds. The molecule has 1 fully saturated rings. The minimum absolute atomic E-state index is 0.0879. The summed E-state index contributed by atoms with van der Waals surface area (Å²) in [5.41, 5.74) is 0.770. The second-order valence-electron chi connectivity index (χ2n) is 6.76. The fourth-order valence-corrected chi connectivity index (χ4v) is 2.92. The van der Waals surface area contributed by atoms with E-state index in [2.05, 4.69) is 5.32 Å². The number of barbiturate groups is 1. The predicted molar refractivity (Wildman–Crippen MR) is 113 cm³/mol. The van der Waals surface area contributed by atoms with Crippen LogP contribution in [0.5, 0.6) is 11.5 Å². The lowest BCUT2D eigenvalue weighted by atomic mass is 10.1. The number of anilines is 1. The van der Waals surface area contributed by atoms with E-state index in [-0.39, 0.29) is 17.4 Å². The van der Waals surface area contributed by atoms with Gasteiger partial charge < -0.3 is 9.47 Å². The molecule has 1 aliphatic rings. The van der Waals surface area contributed by atoms with E-state index in [1.807, 2.05) is 13.8 Å². The summed E-state index contributed by atoms with van der Waals surface area (Å²) in [6.07, 6.45) is 2.42. The van der Waals surface area contributed by atoms with E-state index in [9.17, 15) is 14.4 Å². The maximum absolute atomic E-state index is 13.1. The highest BCUT2D eigenvalue weighted by atomic mass is 16.5. The molecule has 3 rings (SSSR count). The molecule has 0 unspecified atom stereocenters. The molecule has 7 nitrogen and oxygen atoms in total. The zero-order valence-corrected chi connectivity index (χ0v) is 17.2. The second kappa shape index (κ2) is 9.26. The van der Waals surface area contributed by atoms with Gasteiger partial charge in [0.2, 0.25) is 0 Å². The third-order valence-electron chi connectivity index (χ3n) is 4.61. The van der Waals surface area contributed by atoms with Gasteiger partial charge in [0.1, 0.15) is 17.1 Å². The van der Waals surface area contributed by atoms with Crippen molar-refractivity contribution in [1.29, 1.82) is 0 Å². The van der Waals surface area contributed by atoms with Crippen LogP contribution in [0.3, 0.4) is 0 Å². The van der Waals surface area contributed by atoms with Crippen LogP contribution in [0.2, 0.25) is 0 Å². The molecule has 0 aliphatic carbocycles. The molecule has 0 bridgehead atoms. The van der Waals surface area contributed by atoms with Crippen LogP contribution in [-0.2, 0) is 9.59 Å². The molecule has 0 saturated carbocycles. The average molecular weight is 408 g/mol. The molecule has 30 heavy (non-hydrogen) atoms. The van der Waals surface area contributed by atoms with Crippen LogP contribution in [0.25, 0.3) is 6.08 Å². The van der Waals surface area contributed by atoms with E-state index >= 15 is 0 Å². The lowest BCUT2D eigenvalue weighted by molar-refractivity contribution is -0.122. The third-order valence-corrected chi connectivity index (χ3v) is 4.61. The zero-order chi connectivity index (χ0) is 21.7. The van der Waals surface area contributed by atoms with Gasteiger partial charge in [0.25, 0.3) is 11.8 Å². The second-order valence-corrected chi connectivity index (χ2v) is 6.76.